The Labute approximate surface area is 153 Å². The molecule has 1 N–H and O–H groups in total. The number of carbonyl (C=O) groups excluding carboxylic acids is 1. The van der Waals surface area contributed by atoms with E-state index in [0.29, 0.717) is 12.8 Å². The lowest BCUT2D eigenvalue weighted by atomic mass is 10.1. The average molecular weight is 349 g/mol. The van der Waals surface area contributed by atoms with E-state index in [-0.39, 0.29) is 12.1 Å². The van der Waals surface area contributed by atoms with E-state index in [9.17, 15) is 9.90 Å². The van der Waals surface area contributed by atoms with Gasteiger partial charge in [0.05, 0.1) is 13.2 Å². The number of hydrogen-bond donors (Lipinski definition) is 1. The number of methoxy groups -OCH3 is 1. The molecule has 3 heteroatoms. The molecule has 0 heterocycles. The molecule has 1 aliphatic carbocycles. The van der Waals surface area contributed by atoms with Crippen molar-refractivity contribution in [1.82, 2.24) is 0 Å². The van der Waals surface area contributed by atoms with Crippen LogP contribution in [0.1, 0.15) is 77.6 Å². The topological polar surface area (TPSA) is 46.5 Å². The van der Waals surface area contributed by atoms with Crippen LogP contribution in [-0.4, -0.2) is 24.3 Å². The molecule has 0 aromatic carbocycles. The summed E-state index contributed by atoms with van der Waals surface area (Å²) in [7, 11) is 1.41. The third-order valence-corrected chi connectivity index (χ3v) is 4.61. The van der Waals surface area contributed by atoms with Crippen molar-refractivity contribution in [2.45, 2.75) is 83.7 Å². The fourth-order valence-corrected chi connectivity index (χ4v) is 2.82. The molecule has 25 heavy (non-hydrogen) atoms. The molecular formula is C22H36O3. The quantitative estimate of drug-likeness (QED) is 0.256. The van der Waals surface area contributed by atoms with E-state index in [1.807, 2.05) is 12.2 Å². The van der Waals surface area contributed by atoms with Crippen LogP contribution in [0.4, 0.5) is 0 Å². The second-order valence-electron chi connectivity index (χ2n) is 6.95. The molecule has 1 aliphatic rings. The van der Waals surface area contributed by atoms with Crippen molar-refractivity contribution >= 4 is 5.97 Å². The van der Waals surface area contributed by atoms with Gasteiger partial charge in [-0.25, -0.2) is 0 Å². The van der Waals surface area contributed by atoms with E-state index in [2.05, 4.69) is 29.9 Å². The van der Waals surface area contributed by atoms with Crippen LogP contribution >= 0.6 is 0 Å². The van der Waals surface area contributed by atoms with Gasteiger partial charge in [-0.2, -0.15) is 0 Å². The zero-order valence-corrected chi connectivity index (χ0v) is 16.1. The van der Waals surface area contributed by atoms with Crippen molar-refractivity contribution < 1.29 is 14.6 Å². The van der Waals surface area contributed by atoms with Crippen LogP contribution in [0.15, 0.2) is 36.0 Å². The first-order valence-corrected chi connectivity index (χ1v) is 9.91. The molecule has 2 atom stereocenters. The van der Waals surface area contributed by atoms with E-state index in [1.165, 1.54) is 44.8 Å². The number of ether oxygens (including phenoxy) is 1. The van der Waals surface area contributed by atoms with Crippen molar-refractivity contribution in [2.75, 3.05) is 7.11 Å². The normalized spacial score (nSPS) is 19.8. The Balaban J connectivity index is 2.03. The van der Waals surface area contributed by atoms with E-state index in [0.717, 1.165) is 31.6 Å². The maximum atomic E-state index is 11.0. The van der Waals surface area contributed by atoms with Gasteiger partial charge in [-0.3, -0.25) is 4.79 Å². The Hall–Kier alpha value is -1.35. The molecule has 0 saturated heterocycles. The molecule has 142 valence electrons. The number of allylic oxidation sites excluding steroid dienone is 4. The first-order valence-electron chi connectivity index (χ1n) is 9.91. The predicted molar refractivity (Wildman–Crippen MR) is 104 cm³/mol. The van der Waals surface area contributed by atoms with Crippen molar-refractivity contribution in [3.8, 4) is 0 Å². The Bertz CT molecular complexity index is 448. The monoisotopic (exact) mass is 348 g/mol. The van der Waals surface area contributed by atoms with Crippen LogP contribution < -0.4 is 0 Å². The number of carbonyl (C=O) groups is 1. The fourth-order valence-electron chi connectivity index (χ4n) is 2.82. The van der Waals surface area contributed by atoms with Gasteiger partial charge in [0.15, 0.2) is 0 Å². The number of rotatable bonds is 14. The molecule has 1 rings (SSSR count). The smallest absolute Gasteiger partial charge is 0.305 e. The minimum atomic E-state index is -0.296. The van der Waals surface area contributed by atoms with E-state index < -0.39 is 0 Å². The van der Waals surface area contributed by atoms with Gasteiger partial charge < -0.3 is 9.84 Å². The van der Waals surface area contributed by atoms with Gasteiger partial charge in [0.2, 0.25) is 0 Å². The minimum Gasteiger partial charge on any atom is -0.469 e. The lowest BCUT2D eigenvalue weighted by molar-refractivity contribution is -0.140. The molecule has 0 radical (unpaired) electrons. The zero-order chi connectivity index (χ0) is 18.3. The molecule has 1 saturated carbocycles. The molecule has 1 unspecified atom stereocenters. The van der Waals surface area contributed by atoms with Crippen molar-refractivity contribution in [3.63, 3.8) is 0 Å². The van der Waals surface area contributed by atoms with Crippen LogP contribution in [0.5, 0.6) is 0 Å². The number of aliphatic hydroxyl groups excluding tert-OH is 1. The standard InChI is InChI=1S/C22H36O3/c1-3-4-5-6-7-10-13-19-18-20(19)16-17-21(23)14-11-8-9-12-15-22(24)25-2/h7-8,10-11,16,19,21,23H,3-6,9,12-15,17-18H2,1-2H3/b10-7-,11-8-,20-16+/t19?,21-/m1/s1. The first-order chi connectivity index (χ1) is 12.2. The molecule has 0 bridgehead atoms. The number of aliphatic hydroxyl groups is 1. The molecule has 0 spiro atoms. The van der Waals surface area contributed by atoms with Crippen LogP contribution in [0.3, 0.4) is 0 Å². The highest BCUT2D eigenvalue weighted by Gasteiger charge is 2.27. The maximum absolute atomic E-state index is 11.0. The Morgan fingerprint density at radius 3 is 2.68 bits per heavy atom. The highest BCUT2D eigenvalue weighted by molar-refractivity contribution is 5.69. The van der Waals surface area contributed by atoms with Crippen molar-refractivity contribution in [2.24, 2.45) is 5.92 Å². The summed E-state index contributed by atoms with van der Waals surface area (Å²) >= 11 is 0. The molecule has 0 aromatic heterocycles. The first kappa shape index (κ1) is 21.7. The Kier molecular flexibility index (Phi) is 12.0. The van der Waals surface area contributed by atoms with Crippen LogP contribution in [0.25, 0.3) is 0 Å². The summed E-state index contributed by atoms with van der Waals surface area (Å²) in [5.74, 6) is 0.568. The third-order valence-electron chi connectivity index (χ3n) is 4.61. The summed E-state index contributed by atoms with van der Waals surface area (Å²) in [5.41, 5.74) is 1.51. The number of hydrogen-bond acceptors (Lipinski definition) is 3. The zero-order valence-electron chi connectivity index (χ0n) is 16.1. The van der Waals surface area contributed by atoms with Gasteiger partial charge in [0, 0.05) is 6.42 Å². The molecule has 0 amide bonds. The maximum Gasteiger partial charge on any atom is 0.305 e. The van der Waals surface area contributed by atoms with Gasteiger partial charge >= 0.3 is 5.97 Å². The predicted octanol–water partition coefficient (Wildman–Crippen LogP) is 5.50. The van der Waals surface area contributed by atoms with E-state index in [4.69, 9.17) is 0 Å². The second kappa shape index (κ2) is 13.9. The van der Waals surface area contributed by atoms with E-state index >= 15 is 0 Å². The van der Waals surface area contributed by atoms with Gasteiger partial charge in [-0.1, -0.05) is 55.7 Å². The van der Waals surface area contributed by atoms with Crippen LogP contribution in [0.2, 0.25) is 0 Å². The fraction of sp³-hybridized carbons (Fsp3) is 0.682. The minimum absolute atomic E-state index is 0.158. The Morgan fingerprint density at radius 1 is 1.16 bits per heavy atom. The van der Waals surface area contributed by atoms with Crippen LogP contribution in [-0.2, 0) is 9.53 Å². The molecular weight excluding hydrogens is 312 g/mol. The molecule has 3 nitrogen and oxygen atoms in total. The van der Waals surface area contributed by atoms with Crippen molar-refractivity contribution in [3.05, 3.63) is 36.0 Å². The number of unbranched alkanes of at least 4 members (excludes halogenated alkanes) is 4. The summed E-state index contributed by atoms with van der Waals surface area (Å²) in [6.45, 7) is 2.24. The summed E-state index contributed by atoms with van der Waals surface area (Å²) < 4.78 is 4.60. The average Bonchev–Trinajstić information content (AvgIpc) is 3.37. The SMILES string of the molecule is CCCCC/C=C\CC1C/C1=C\C[C@H](O)C/C=C\CCCC(=O)OC. The van der Waals surface area contributed by atoms with E-state index in [1.54, 1.807) is 0 Å². The highest BCUT2D eigenvalue weighted by atomic mass is 16.5. The lowest BCUT2D eigenvalue weighted by Crippen LogP contribution is -2.02. The highest BCUT2D eigenvalue weighted by Crippen LogP contribution is 2.41. The second-order valence-corrected chi connectivity index (χ2v) is 6.95. The Morgan fingerprint density at radius 2 is 1.92 bits per heavy atom. The van der Waals surface area contributed by atoms with Gasteiger partial charge in [-0.15, -0.1) is 0 Å². The third kappa shape index (κ3) is 11.8. The molecule has 0 aliphatic heterocycles. The largest absolute Gasteiger partial charge is 0.469 e. The van der Waals surface area contributed by atoms with Crippen LogP contribution in [0, 0.1) is 5.92 Å². The van der Waals surface area contributed by atoms with Crippen molar-refractivity contribution in [1.29, 1.82) is 0 Å². The summed E-state index contributed by atoms with van der Waals surface area (Å²) in [4.78, 5) is 11.0. The summed E-state index contributed by atoms with van der Waals surface area (Å²) in [6.07, 6.45) is 21.7. The molecule has 1 fully saturated rings. The molecule has 0 aromatic rings. The van der Waals surface area contributed by atoms with Gasteiger partial charge in [-0.05, 0) is 57.3 Å². The summed E-state index contributed by atoms with van der Waals surface area (Å²) in [5, 5.41) is 10.0. The van der Waals surface area contributed by atoms with Gasteiger partial charge in [0.25, 0.3) is 0 Å². The summed E-state index contributed by atoms with van der Waals surface area (Å²) in [6, 6.07) is 0. The van der Waals surface area contributed by atoms with Gasteiger partial charge in [0.1, 0.15) is 0 Å². The number of esters is 1. The lowest BCUT2D eigenvalue weighted by Gasteiger charge is -2.03.